The minimum atomic E-state index is -0.494. The van der Waals surface area contributed by atoms with Gasteiger partial charge in [-0.1, -0.05) is 0 Å². The van der Waals surface area contributed by atoms with Gasteiger partial charge in [0.25, 0.3) is 0 Å². The minimum absolute atomic E-state index is 0.130. The lowest BCUT2D eigenvalue weighted by Crippen LogP contribution is -2.23. The highest BCUT2D eigenvalue weighted by Crippen LogP contribution is 2.34. The van der Waals surface area contributed by atoms with Gasteiger partial charge in [0.2, 0.25) is 11.8 Å². The molecule has 0 bridgehead atoms. The summed E-state index contributed by atoms with van der Waals surface area (Å²) in [5.41, 5.74) is 12.8. The molecule has 1 aromatic heterocycles. The van der Waals surface area contributed by atoms with Gasteiger partial charge in [-0.2, -0.15) is 4.98 Å². The number of hydrogen-bond acceptors (Lipinski definition) is 9. The lowest BCUT2D eigenvalue weighted by Gasteiger charge is -2.27. The summed E-state index contributed by atoms with van der Waals surface area (Å²) in [5.74, 6) is 2.33. The first-order valence-electron chi connectivity index (χ1n) is 10.4. The number of aromatic nitrogens is 2. The number of rotatable bonds is 9. The molecule has 10 nitrogen and oxygen atoms in total. The average Bonchev–Trinajstić information content (AvgIpc) is 2.77. The van der Waals surface area contributed by atoms with E-state index in [0.717, 1.165) is 31.2 Å². The van der Waals surface area contributed by atoms with Crippen molar-refractivity contribution in [3.05, 3.63) is 39.6 Å². The van der Waals surface area contributed by atoms with E-state index in [2.05, 4.69) is 15.3 Å². The van der Waals surface area contributed by atoms with Crippen molar-refractivity contribution >= 4 is 17.5 Å². The molecule has 1 saturated carbocycles. The van der Waals surface area contributed by atoms with Crippen molar-refractivity contribution < 1.29 is 14.4 Å². The van der Waals surface area contributed by atoms with Gasteiger partial charge < -0.3 is 26.3 Å². The van der Waals surface area contributed by atoms with Crippen molar-refractivity contribution in [2.45, 2.75) is 38.6 Å². The van der Waals surface area contributed by atoms with Crippen molar-refractivity contribution in [2.75, 3.05) is 31.8 Å². The molecule has 5 N–H and O–H groups in total. The van der Waals surface area contributed by atoms with Gasteiger partial charge in [0.05, 0.1) is 19.1 Å². The van der Waals surface area contributed by atoms with Gasteiger partial charge in [0.15, 0.2) is 0 Å². The van der Waals surface area contributed by atoms with Crippen LogP contribution >= 0.6 is 0 Å². The number of benzene rings is 1. The summed E-state index contributed by atoms with van der Waals surface area (Å²) in [4.78, 5) is 19.7. The van der Waals surface area contributed by atoms with Crippen LogP contribution in [0.25, 0.3) is 0 Å². The normalized spacial score (nSPS) is 18.4. The fourth-order valence-corrected chi connectivity index (χ4v) is 4.06. The Morgan fingerprint density at radius 3 is 2.48 bits per heavy atom. The number of nitrogens with one attached hydrogen (secondary N) is 1. The van der Waals surface area contributed by atoms with E-state index in [4.69, 9.17) is 20.9 Å². The van der Waals surface area contributed by atoms with Gasteiger partial charge in [-0.15, -0.1) is 0 Å². The second-order valence-corrected chi connectivity index (χ2v) is 7.84. The Kier molecular flexibility index (Phi) is 7.45. The number of anilines is 2. The van der Waals surface area contributed by atoms with Gasteiger partial charge in [-0.05, 0) is 62.6 Å². The van der Waals surface area contributed by atoms with E-state index in [-0.39, 0.29) is 17.5 Å². The third-order valence-corrected chi connectivity index (χ3v) is 5.88. The summed E-state index contributed by atoms with van der Waals surface area (Å²) in [6, 6.07) is 5.48. The maximum atomic E-state index is 11.6. The zero-order chi connectivity index (χ0) is 22.4. The zero-order valence-electron chi connectivity index (χ0n) is 18.0. The van der Waals surface area contributed by atoms with Crippen LogP contribution in [0.15, 0.2) is 18.2 Å². The van der Waals surface area contributed by atoms with E-state index < -0.39 is 4.92 Å². The fourth-order valence-electron chi connectivity index (χ4n) is 4.06. The fraction of sp³-hybridized carbons (Fsp3) is 0.524. The Hall–Kier alpha value is -3.14. The molecular formula is C21H30N6O4. The molecule has 1 aromatic carbocycles. The number of hydrogen-bond donors (Lipinski definition) is 3. The summed E-state index contributed by atoms with van der Waals surface area (Å²) in [6.45, 7) is 1.06. The molecule has 1 heterocycles. The summed E-state index contributed by atoms with van der Waals surface area (Å²) in [5, 5.41) is 14.7. The van der Waals surface area contributed by atoms with E-state index in [9.17, 15) is 10.1 Å². The predicted octanol–water partition coefficient (Wildman–Crippen LogP) is 2.90. The number of methoxy groups -OCH3 is 2. The van der Waals surface area contributed by atoms with Crippen LogP contribution in [-0.2, 0) is 13.0 Å². The maximum Gasteiger partial charge on any atom is 0.332 e. The minimum Gasteiger partial charge on any atom is -0.497 e. The van der Waals surface area contributed by atoms with Crippen LogP contribution < -0.4 is 26.3 Å². The molecule has 0 saturated heterocycles. The van der Waals surface area contributed by atoms with E-state index in [1.165, 1.54) is 0 Å². The van der Waals surface area contributed by atoms with Crippen LogP contribution in [-0.4, -0.2) is 35.7 Å². The summed E-state index contributed by atoms with van der Waals surface area (Å²) < 4.78 is 10.6. The average molecular weight is 431 g/mol. The smallest absolute Gasteiger partial charge is 0.332 e. The number of nitrogens with zero attached hydrogens (tertiary/aromatic N) is 3. The second kappa shape index (κ2) is 10.3. The molecule has 1 aliphatic rings. The molecule has 10 heteroatoms. The maximum absolute atomic E-state index is 11.6. The van der Waals surface area contributed by atoms with E-state index in [1.807, 2.05) is 12.1 Å². The largest absolute Gasteiger partial charge is 0.497 e. The van der Waals surface area contributed by atoms with E-state index in [1.54, 1.807) is 20.3 Å². The lowest BCUT2D eigenvalue weighted by atomic mass is 9.80. The van der Waals surface area contributed by atoms with Crippen LogP contribution in [0, 0.1) is 22.0 Å². The van der Waals surface area contributed by atoms with Crippen LogP contribution in [0.5, 0.6) is 11.5 Å². The highest BCUT2D eigenvalue weighted by Gasteiger charge is 2.28. The monoisotopic (exact) mass is 430 g/mol. The summed E-state index contributed by atoms with van der Waals surface area (Å²) in [6.07, 6.45) is 4.54. The first-order valence-corrected chi connectivity index (χ1v) is 10.4. The molecule has 0 unspecified atom stereocenters. The second-order valence-electron chi connectivity index (χ2n) is 7.84. The number of nitro groups is 1. The van der Waals surface area contributed by atoms with Crippen LogP contribution in [0.3, 0.4) is 0 Å². The standard InChI is InChI=1S/C21H30N6O4/c1-30-16-8-7-15(18(10-16)31-2)12-24-21-25-17(19(27(28)29)20(23)26-21)9-13-3-5-14(11-22)6-4-13/h7-8,10,13-14H,3-6,9,11-12,22H2,1-2H3,(H3,23,24,25,26). The quantitative estimate of drug-likeness (QED) is 0.403. The first kappa shape index (κ1) is 22.5. The Balaban J connectivity index is 1.78. The predicted molar refractivity (Wildman–Crippen MR) is 118 cm³/mol. The van der Waals surface area contributed by atoms with Gasteiger partial charge in [-0.25, -0.2) is 4.98 Å². The molecule has 0 aliphatic heterocycles. The zero-order valence-corrected chi connectivity index (χ0v) is 18.0. The van der Waals surface area contributed by atoms with Gasteiger partial charge in [-0.3, -0.25) is 10.1 Å². The highest BCUT2D eigenvalue weighted by atomic mass is 16.6. The first-order chi connectivity index (χ1) is 14.9. The Bertz CT molecular complexity index is 915. The van der Waals surface area contributed by atoms with Crippen LogP contribution in [0.4, 0.5) is 17.5 Å². The number of ether oxygens (including phenoxy) is 2. The number of nitrogens with two attached hydrogens (primary N) is 2. The molecular weight excluding hydrogens is 400 g/mol. The molecule has 1 aliphatic carbocycles. The Morgan fingerprint density at radius 1 is 1.16 bits per heavy atom. The Morgan fingerprint density at radius 2 is 1.87 bits per heavy atom. The van der Waals surface area contributed by atoms with Crippen LogP contribution in [0.2, 0.25) is 0 Å². The van der Waals surface area contributed by atoms with Crippen molar-refractivity contribution in [2.24, 2.45) is 17.6 Å². The van der Waals surface area contributed by atoms with Crippen molar-refractivity contribution in [3.8, 4) is 11.5 Å². The third-order valence-electron chi connectivity index (χ3n) is 5.88. The molecule has 0 amide bonds. The molecule has 1 fully saturated rings. The molecule has 3 rings (SSSR count). The van der Waals surface area contributed by atoms with Crippen molar-refractivity contribution in [3.63, 3.8) is 0 Å². The molecule has 0 atom stereocenters. The Labute approximate surface area is 181 Å². The molecule has 2 aromatic rings. The van der Waals surface area contributed by atoms with E-state index in [0.29, 0.717) is 48.5 Å². The molecule has 0 spiro atoms. The molecule has 168 valence electrons. The third kappa shape index (κ3) is 5.52. The number of nitrogen functional groups attached to an aromatic ring is 1. The topological polar surface area (TPSA) is 151 Å². The van der Waals surface area contributed by atoms with Gasteiger partial charge in [0.1, 0.15) is 17.2 Å². The van der Waals surface area contributed by atoms with E-state index >= 15 is 0 Å². The van der Waals surface area contributed by atoms with Crippen molar-refractivity contribution in [1.29, 1.82) is 0 Å². The van der Waals surface area contributed by atoms with Crippen molar-refractivity contribution in [1.82, 2.24) is 9.97 Å². The summed E-state index contributed by atoms with van der Waals surface area (Å²) in [7, 11) is 3.17. The molecule has 0 radical (unpaired) electrons. The van der Waals surface area contributed by atoms with Gasteiger partial charge in [0, 0.05) is 18.2 Å². The van der Waals surface area contributed by atoms with Gasteiger partial charge >= 0.3 is 5.69 Å². The van der Waals surface area contributed by atoms with Crippen LogP contribution in [0.1, 0.15) is 36.9 Å². The highest BCUT2D eigenvalue weighted by molar-refractivity contribution is 5.58. The molecule has 31 heavy (non-hydrogen) atoms. The SMILES string of the molecule is COc1ccc(CNc2nc(N)c([N+](=O)[O-])c(CC3CCC(CN)CC3)n2)c(OC)c1. The summed E-state index contributed by atoms with van der Waals surface area (Å²) >= 11 is 0. The lowest BCUT2D eigenvalue weighted by molar-refractivity contribution is -0.385.